The number of halogens is 3. The van der Waals surface area contributed by atoms with Gasteiger partial charge in [0.2, 0.25) is 0 Å². The second kappa shape index (κ2) is 5.91. The Morgan fingerprint density at radius 1 is 1.10 bits per heavy atom. The summed E-state index contributed by atoms with van der Waals surface area (Å²) in [6.07, 6.45) is -0.441. The molecule has 1 aromatic heterocycles. The highest BCUT2D eigenvalue weighted by Gasteiger charge is 2.16. The topological polar surface area (TPSA) is 33.4 Å². The third-order valence-electron chi connectivity index (χ3n) is 3.27. The molecular formula is C16H11Br2FO2. The van der Waals surface area contributed by atoms with Crippen molar-refractivity contribution in [2.45, 2.75) is 12.5 Å². The van der Waals surface area contributed by atoms with Crippen molar-refractivity contribution < 1.29 is 13.9 Å². The lowest BCUT2D eigenvalue weighted by Gasteiger charge is -2.09. The third kappa shape index (κ3) is 3.05. The molecule has 0 spiro atoms. The zero-order chi connectivity index (χ0) is 15.0. The van der Waals surface area contributed by atoms with Crippen molar-refractivity contribution in [1.29, 1.82) is 0 Å². The molecule has 108 valence electrons. The van der Waals surface area contributed by atoms with Crippen LogP contribution < -0.4 is 0 Å². The van der Waals surface area contributed by atoms with E-state index in [1.165, 1.54) is 12.1 Å². The summed E-state index contributed by atoms with van der Waals surface area (Å²) in [7, 11) is 0. The van der Waals surface area contributed by atoms with Gasteiger partial charge in [-0.3, -0.25) is 0 Å². The number of aliphatic hydroxyl groups excluding tert-OH is 1. The van der Waals surface area contributed by atoms with Crippen LogP contribution in [0.1, 0.15) is 17.4 Å². The van der Waals surface area contributed by atoms with E-state index in [2.05, 4.69) is 31.9 Å². The molecule has 2 aromatic carbocycles. The first-order chi connectivity index (χ1) is 10.0. The molecule has 0 radical (unpaired) electrons. The molecule has 1 unspecified atom stereocenters. The number of aliphatic hydroxyl groups is 1. The standard InChI is InChI=1S/C16H11Br2FO2/c17-12-3-1-2-10-7-15(21-16(10)12)14(20)6-9-4-5-11(19)8-13(9)18/h1-5,7-8,14,20H,6H2. The van der Waals surface area contributed by atoms with Gasteiger partial charge in [-0.15, -0.1) is 0 Å². The van der Waals surface area contributed by atoms with Crippen LogP contribution in [0.5, 0.6) is 0 Å². The number of hydrogen-bond acceptors (Lipinski definition) is 2. The first kappa shape index (κ1) is 14.8. The van der Waals surface area contributed by atoms with Crippen molar-refractivity contribution >= 4 is 42.8 Å². The Hall–Kier alpha value is -1.17. The van der Waals surface area contributed by atoms with Gasteiger partial charge in [-0.1, -0.05) is 34.1 Å². The average Bonchev–Trinajstić information content (AvgIpc) is 2.87. The maximum absolute atomic E-state index is 13.1. The summed E-state index contributed by atoms with van der Waals surface area (Å²) in [5, 5.41) is 11.3. The predicted molar refractivity (Wildman–Crippen MR) is 86.7 cm³/mol. The van der Waals surface area contributed by atoms with Crippen molar-refractivity contribution in [3.8, 4) is 0 Å². The molecule has 2 nitrogen and oxygen atoms in total. The van der Waals surface area contributed by atoms with Gasteiger partial charge in [0.25, 0.3) is 0 Å². The molecule has 1 heterocycles. The first-order valence-electron chi connectivity index (χ1n) is 6.34. The van der Waals surface area contributed by atoms with E-state index in [1.807, 2.05) is 24.3 Å². The van der Waals surface area contributed by atoms with Gasteiger partial charge in [0.15, 0.2) is 0 Å². The van der Waals surface area contributed by atoms with Gasteiger partial charge in [0, 0.05) is 16.3 Å². The molecule has 0 fully saturated rings. The summed E-state index contributed by atoms with van der Waals surface area (Å²) in [5.74, 6) is 0.181. The van der Waals surface area contributed by atoms with E-state index >= 15 is 0 Å². The monoisotopic (exact) mass is 412 g/mol. The van der Waals surface area contributed by atoms with Crippen LogP contribution >= 0.6 is 31.9 Å². The molecule has 0 saturated carbocycles. The van der Waals surface area contributed by atoms with Crippen LogP contribution in [0.3, 0.4) is 0 Å². The lowest BCUT2D eigenvalue weighted by Crippen LogP contribution is -2.01. The van der Waals surface area contributed by atoms with E-state index in [0.717, 1.165) is 15.4 Å². The van der Waals surface area contributed by atoms with Crippen molar-refractivity contribution in [2.24, 2.45) is 0 Å². The van der Waals surface area contributed by atoms with Crippen molar-refractivity contribution in [3.63, 3.8) is 0 Å². The fourth-order valence-electron chi connectivity index (χ4n) is 2.21. The Morgan fingerprint density at radius 2 is 1.90 bits per heavy atom. The average molecular weight is 414 g/mol. The fourth-order valence-corrected chi connectivity index (χ4v) is 3.18. The van der Waals surface area contributed by atoms with E-state index in [0.29, 0.717) is 22.2 Å². The van der Waals surface area contributed by atoms with Gasteiger partial charge in [-0.05, 0) is 45.8 Å². The predicted octanol–water partition coefficient (Wildman–Crippen LogP) is 5.37. The van der Waals surface area contributed by atoms with Crippen molar-refractivity contribution in [3.05, 3.63) is 68.6 Å². The van der Waals surface area contributed by atoms with E-state index in [9.17, 15) is 9.50 Å². The van der Waals surface area contributed by atoms with E-state index in [-0.39, 0.29) is 5.82 Å². The summed E-state index contributed by atoms with van der Waals surface area (Å²) in [4.78, 5) is 0. The number of furan rings is 1. The zero-order valence-corrected chi connectivity index (χ0v) is 14.0. The minimum atomic E-state index is -0.786. The van der Waals surface area contributed by atoms with Gasteiger partial charge in [0.05, 0.1) is 4.47 Å². The minimum absolute atomic E-state index is 0.312. The molecule has 21 heavy (non-hydrogen) atoms. The Balaban J connectivity index is 1.90. The van der Waals surface area contributed by atoms with Crippen LogP contribution in [0.4, 0.5) is 4.39 Å². The maximum atomic E-state index is 13.1. The Bertz CT molecular complexity index is 798. The summed E-state index contributed by atoms with van der Waals surface area (Å²) in [6, 6.07) is 12.0. The quantitative estimate of drug-likeness (QED) is 0.625. The van der Waals surface area contributed by atoms with Crippen LogP contribution in [0.15, 0.2) is 55.8 Å². The van der Waals surface area contributed by atoms with Gasteiger partial charge in [0.1, 0.15) is 23.3 Å². The van der Waals surface area contributed by atoms with Gasteiger partial charge in [-0.2, -0.15) is 0 Å². The molecule has 0 aliphatic heterocycles. The number of rotatable bonds is 3. The summed E-state index contributed by atoms with van der Waals surface area (Å²) in [6.45, 7) is 0. The Morgan fingerprint density at radius 3 is 2.62 bits per heavy atom. The van der Waals surface area contributed by atoms with Crippen LogP contribution in [0, 0.1) is 5.82 Å². The fraction of sp³-hybridized carbons (Fsp3) is 0.125. The molecule has 0 saturated heterocycles. The highest BCUT2D eigenvalue weighted by Crippen LogP contribution is 2.31. The molecule has 5 heteroatoms. The molecule has 0 bridgehead atoms. The highest BCUT2D eigenvalue weighted by molar-refractivity contribution is 9.11. The Labute approximate surface area is 137 Å². The number of para-hydroxylation sites is 1. The number of benzene rings is 2. The first-order valence-corrected chi connectivity index (χ1v) is 7.93. The SMILES string of the molecule is OC(Cc1ccc(F)cc1Br)c1cc2cccc(Br)c2o1. The van der Waals surface area contributed by atoms with Crippen LogP contribution in [0.25, 0.3) is 11.0 Å². The van der Waals surface area contributed by atoms with Gasteiger partial charge >= 0.3 is 0 Å². The van der Waals surface area contributed by atoms with Crippen LogP contribution in [0.2, 0.25) is 0 Å². The molecular weight excluding hydrogens is 403 g/mol. The Kier molecular flexibility index (Phi) is 4.15. The lowest BCUT2D eigenvalue weighted by molar-refractivity contribution is 0.152. The zero-order valence-electron chi connectivity index (χ0n) is 10.8. The van der Waals surface area contributed by atoms with Crippen molar-refractivity contribution in [2.75, 3.05) is 0 Å². The normalized spacial score (nSPS) is 12.8. The molecule has 1 N–H and O–H groups in total. The number of fused-ring (bicyclic) bond motifs is 1. The van der Waals surface area contributed by atoms with E-state index in [4.69, 9.17) is 4.42 Å². The lowest BCUT2D eigenvalue weighted by atomic mass is 10.1. The second-order valence-electron chi connectivity index (χ2n) is 4.76. The molecule has 0 amide bonds. The molecule has 0 aliphatic rings. The smallest absolute Gasteiger partial charge is 0.148 e. The van der Waals surface area contributed by atoms with Crippen molar-refractivity contribution in [1.82, 2.24) is 0 Å². The molecule has 0 aliphatic carbocycles. The summed E-state index contributed by atoms with van der Waals surface area (Å²) < 4.78 is 20.3. The highest BCUT2D eigenvalue weighted by atomic mass is 79.9. The van der Waals surface area contributed by atoms with Crippen LogP contribution in [-0.2, 0) is 6.42 Å². The second-order valence-corrected chi connectivity index (χ2v) is 6.47. The minimum Gasteiger partial charge on any atom is -0.457 e. The largest absolute Gasteiger partial charge is 0.457 e. The van der Waals surface area contributed by atoms with Crippen LogP contribution in [-0.4, -0.2) is 5.11 Å². The number of hydrogen-bond donors (Lipinski definition) is 1. The molecule has 3 rings (SSSR count). The molecule has 3 aromatic rings. The van der Waals surface area contributed by atoms with Gasteiger partial charge in [-0.25, -0.2) is 4.39 Å². The molecule has 1 atom stereocenters. The van der Waals surface area contributed by atoms with E-state index < -0.39 is 6.10 Å². The summed E-state index contributed by atoms with van der Waals surface area (Å²) in [5.41, 5.74) is 1.54. The third-order valence-corrected chi connectivity index (χ3v) is 4.63. The van der Waals surface area contributed by atoms with Gasteiger partial charge < -0.3 is 9.52 Å². The van der Waals surface area contributed by atoms with E-state index in [1.54, 1.807) is 6.07 Å². The maximum Gasteiger partial charge on any atom is 0.148 e. The summed E-state index contributed by atoms with van der Waals surface area (Å²) >= 11 is 6.73.